The van der Waals surface area contributed by atoms with Crippen molar-refractivity contribution in [3.63, 3.8) is 0 Å². The van der Waals surface area contributed by atoms with Gasteiger partial charge in [-0.05, 0) is 39.2 Å². The summed E-state index contributed by atoms with van der Waals surface area (Å²) in [5.74, 6) is 0. The molecule has 5 heteroatoms. The number of morpholine rings is 1. The van der Waals surface area contributed by atoms with Gasteiger partial charge in [0, 0.05) is 31.7 Å². The van der Waals surface area contributed by atoms with Gasteiger partial charge in [0.15, 0.2) is 0 Å². The Morgan fingerprint density at radius 1 is 1.26 bits per heavy atom. The minimum Gasteiger partial charge on any atom is -0.379 e. The second kappa shape index (κ2) is 8.26. The van der Waals surface area contributed by atoms with Crippen molar-refractivity contribution in [1.29, 1.82) is 0 Å². The van der Waals surface area contributed by atoms with E-state index in [1.807, 2.05) is 0 Å². The molecule has 3 aliphatic heterocycles. The van der Waals surface area contributed by atoms with E-state index in [1.54, 1.807) is 0 Å². The Labute approximate surface area is 141 Å². The Hall–Kier alpha value is -0.200. The molecule has 0 radical (unpaired) electrons. The molecule has 134 valence electrons. The van der Waals surface area contributed by atoms with Crippen LogP contribution in [0.25, 0.3) is 0 Å². The Bertz CT molecular complexity index is 362. The van der Waals surface area contributed by atoms with Crippen molar-refractivity contribution < 1.29 is 14.2 Å². The number of hydrogen-bond acceptors (Lipinski definition) is 5. The Morgan fingerprint density at radius 2 is 2.09 bits per heavy atom. The van der Waals surface area contributed by atoms with Crippen LogP contribution < -0.4 is 0 Å². The van der Waals surface area contributed by atoms with Crippen molar-refractivity contribution in [3.05, 3.63) is 0 Å². The van der Waals surface area contributed by atoms with E-state index < -0.39 is 0 Å². The molecule has 0 spiro atoms. The SMILES string of the molecule is CCC(C)OCC12CCCN1CC(OCCN1CCOCC1)C2. The van der Waals surface area contributed by atoms with Crippen LogP contribution in [0.15, 0.2) is 0 Å². The number of fused-ring (bicyclic) bond motifs is 1. The quantitative estimate of drug-likeness (QED) is 0.679. The lowest BCUT2D eigenvalue weighted by atomic mass is 9.94. The largest absolute Gasteiger partial charge is 0.379 e. The van der Waals surface area contributed by atoms with Crippen LogP contribution in [0, 0.1) is 0 Å². The highest BCUT2D eigenvalue weighted by atomic mass is 16.5. The summed E-state index contributed by atoms with van der Waals surface area (Å²) in [6.45, 7) is 13.3. The van der Waals surface area contributed by atoms with Gasteiger partial charge in [0.05, 0.1) is 38.6 Å². The first-order chi connectivity index (χ1) is 11.2. The van der Waals surface area contributed by atoms with Gasteiger partial charge in [0.1, 0.15) is 0 Å². The summed E-state index contributed by atoms with van der Waals surface area (Å²) in [5, 5.41) is 0. The van der Waals surface area contributed by atoms with E-state index in [4.69, 9.17) is 14.2 Å². The zero-order valence-corrected chi connectivity index (χ0v) is 15.0. The van der Waals surface area contributed by atoms with Crippen LogP contribution in [-0.4, -0.2) is 86.7 Å². The maximum atomic E-state index is 6.22. The van der Waals surface area contributed by atoms with Gasteiger partial charge in [-0.3, -0.25) is 9.80 Å². The van der Waals surface area contributed by atoms with Gasteiger partial charge < -0.3 is 14.2 Å². The van der Waals surface area contributed by atoms with Gasteiger partial charge in [0.25, 0.3) is 0 Å². The van der Waals surface area contributed by atoms with Crippen LogP contribution in [0.3, 0.4) is 0 Å². The molecule has 23 heavy (non-hydrogen) atoms. The van der Waals surface area contributed by atoms with Crippen LogP contribution in [0.1, 0.15) is 39.5 Å². The first kappa shape index (κ1) is 17.6. The molecule has 3 atom stereocenters. The van der Waals surface area contributed by atoms with E-state index in [0.29, 0.717) is 12.2 Å². The summed E-state index contributed by atoms with van der Waals surface area (Å²) in [6.07, 6.45) is 5.57. The molecule has 3 heterocycles. The molecule has 0 amide bonds. The fourth-order valence-corrected chi connectivity index (χ4v) is 4.17. The molecule has 0 aliphatic carbocycles. The smallest absolute Gasteiger partial charge is 0.0721 e. The molecular formula is C18H34N2O3. The first-order valence-electron chi connectivity index (χ1n) is 9.50. The summed E-state index contributed by atoms with van der Waals surface area (Å²) in [7, 11) is 0. The van der Waals surface area contributed by atoms with Crippen molar-refractivity contribution in [2.24, 2.45) is 0 Å². The molecule has 3 fully saturated rings. The second-order valence-electron chi connectivity index (χ2n) is 7.45. The first-order valence-corrected chi connectivity index (χ1v) is 9.50. The van der Waals surface area contributed by atoms with Gasteiger partial charge in [-0.15, -0.1) is 0 Å². The van der Waals surface area contributed by atoms with Crippen LogP contribution in [0.4, 0.5) is 0 Å². The van der Waals surface area contributed by atoms with Gasteiger partial charge in [-0.1, -0.05) is 6.92 Å². The molecular weight excluding hydrogens is 292 g/mol. The van der Waals surface area contributed by atoms with E-state index in [0.717, 1.165) is 65.4 Å². The number of ether oxygens (including phenoxy) is 3. The molecule has 5 nitrogen and oxygen atoms in total. The average molecular weight is 326 g/mol. The molecule has 0 aromatic carbocycles. The topological polar surface area (TPSA) is 34.2 Å². The zero-order valence-electron chi connectivity index (χ0n) is 15.0. The predicted octanol–water partition coefficient (Wildman–Crippen LogP) is 1.76. The van der Waals surface area contributed by atoms with Crippen LogP contribution in [0.2, 0.25) is 0 Å². The third kappa shape index (κ3) is 4.45. The maximum absolute atomic E-state index is 6.22. The van der Waals surface area contributed by atoms with Gasteiger partial charge in [-0.25, -0.2) is 0 Å². The molecule has 3 rings (SSSR count). The molecule has 3 saturated heterocycles. The summed E-state index contributed by atoms with van der Waals surface area (Å²) < 4.78 is 17.7. The standard InChI is InChI=1S/C18H34N2O3/c1-3-16(2)23-15-18-5-4-6-20(18)14-17(13-18)22-12-9-19-7-10-21-11-8-19/h16-17H,3-15H2,1-2H3. The van der Waals surface area contributed by atoms with E-state index >= 15 is 0 Å². The van der Waals surface area contributed by atoms with Gasteiger partial charge >= 0.3 is 0 Å². The van der Waals surface area contributed by atoms with E-state index in [9.17, 15) is 0 Å². The molecule has 3 unspecified atom stereocenters. The lowest BCUT2D eigenvalue weighted by Gasteiger charge is -2.32. The van der Waals surface area contributed by atoms with Crippen molar-refractivity contribution in [3.8, 4) is 0 Å². The monoisotopic (exact) mass is 326 g/mol. The minimum absolute atomic E-state index is 0.257. The number of nitrogens with zero attached hydrogens (tertiary/aromatic N) is 2. The predicted molar refractivity (Wildman–Crippen MR) is 90.9 cm³/mol. The highest BCUT2D eigenvalue weighted by molar-refractivity contribution is 5.04. The molecule has 3 aliphatic rings. The lowest BCUT2D eigenvalue weighted by molar-refractivity contribution is -0.0102. The van der Waals surface area contributed by atoms with Crippen molar-refractivity contribution >= 4 is 0 Å². The molecule has 0 aromatic rings. The van der Waals surface area contributed by atoms with E-state index in [2.05, 4.69) is 23.6 Å². The van der Waals surface area contributed by atoms with Gasteiger partial charge in [0.2, 0.25) is 0 Å². The summed E-state index contributed by atoms with van der Waals surface area (Å²) in [4.78, 5) is 5.08. The number of hydrogen-bond donors (Lipinski definition) is 0. The van der Waals surface area contributed by atoms with Crippen LogP contribution in [0.5, 0.6) is 0 Å². The molecule has 0 aromatic heterocycles. The average Bonchev–Trinajstić information content (AvgIpc) is 3.10. The van der Waals surface area contributed by atoms with Crippen LogP contribution in [-0.2, 0) is 14.2 Å². The Kier molecular flexibility index (Phi) is 6.32. The van der Waals surface area contributed by atoms with E-state index in [-0.39, 0.29) is 5.54 Å². The summed E-state index contributed by atoms with van der Waals surface area (Å²) in [6, 6.07) is 0. The Morgan fingerprint density at radius 3 is 2.87 bits per heavy atom. The summed E-state index contributed by atoms with van der Waals surface area (Å²) in [5.41, 5.74) is 0.257. The van der Waals surface area contributed by atoms with Gasteiger partial charge in [-0.2, -0.15) is 0 Å². The maximum Gasteiger partial charge on any atom is 0.0721 e. The van der Waals surface area contributed by atoms with Crippen molar-refractivity contribution in [2.75, 3.05) is 59.2 Å². The van der Waals surface area contributed by atoms with Crippen molar-refractivity contribution in [1.82, 2.24) is 9.80 Å². The Balaban J connectivity index is 1.42. The highest BCUT2D eigenvalue weighted by Crippen LogP contribution is 2.40. The van der Waals surface area contributed by atoms with E-state index in [1.165, 1.54) is 19.4 Å². The highest BCUT2D eigenvalue weighted by Gasteiger charge is 2.49. The fourth-order valence-electron chi connectivity index (χ4n) is 4.17. The summed E-state index contributed by atoms with van der Waals surface area (Å²) >= 11 is 0. The molecule has 0 N–H and O–H groups in total. The zero-order chi connectivity index (χ0) is 16.1. The number of rotatable bonds is 8. The normalized spacial score (nSPS) is 33.9. The molecule has 0 bridgehead atoms. The lowest BCUT2D eigenvalue weighted by Crippen LogP contribution is -2.43. The van der Waals surface area contributed by atoms with Crippen molar-refractivity contribution in [2.45, 2.75) is 57.3 Å². The molecule has 0 saturated carbocycles. The minimum atomic E-state index is 0.257. The van der Waals surface area contributed by atoms with Crippen LogP contribution >= 0.6 is 0 Å². The third-order valence-electron chi connectivity index (χ3n) is 5.85. The fraction of sp³-hybridized carbons (Fsp3) is 1.00. The third-order valence-corrected chi connectivity index (χ3v) is 5.85. The second-order valence-corrected chi connectivity index (χ2v) is 7.45.